The van der Waals surface area contributed by atoms with Gasteiger partial charge < -0.3 is 19.9 Å². The number of aromatic carboxylic acids is 1. The van der Waals surface area contributed by atoms with E-state index in [4.69, 9.17) is 19.1 Å². The summed E-state index contributed by atoms with van der Waals surface area (Å²) in [6, 6.07) is 11.0. The Morgan fingerprint density at radius 1 is 1.16 bits per heavy atom. The molecule has 3 aromatic rings. The summed E-state index contributed by atoms with van der Waals surface area (Å²) in [5, 5.41) is 13.8. The van der Waals surface area contributed by atoms with Gasteiger partial charge in [-0.1, -0.05) is 0 Å². The molecule has 3 N–H and O–H groups in total. The van der Waals surface area contributed by atoms with E-state index in [0.717, 1.165) is 11.8 Å². The van der Waals surface area contributed by atoms with Crippen molar-refractivity contribution in [3.8, 4) is 17.2 Å². The Morgan fingerprint density at radius 3 is 2.48 bits per heavy atom. The largest absolute Gasteiger partial charge is 0.497 e. The molecule has 0 aliphatic carbocycles. The first kappa shape index (κ1) is 22.0. The van der Waals surface area contributed by atoms with Crippen molar-refractivity contribution < 1.29 is 33.4 Å². The number of amides is 1. The number of carbonyl (C=O) groups excluding carboxylic acids is 1. The zero-order valence-electron chi connectivity index (χ0n) is 16.9. The quantitative estimate of drug-likeness (QED) is 0.354. The van der Waals surface area contributed by atoms with Gasteiger partial charge in [-0.25, -0.2) is 9.59 Å². The Kier molecular flexibility index (Phi) is 6.65. The zero-order valence-corrected chi connectivity index (χ0v) is 17.7. The van der Waals surface area contributed by atoms with Gasteiger partial charge in [-0.2, -0.15) is 0 Å². The molecule has 0 saturated carbocycles. The van der Waals surface area contributed by atoms with E-state index in [0.29, 0.717) is 17.1 Å². The van der Waals surface area contributed by atoms with Gasteiger partial charge in [0.25, 0.3) is 0 Å². The monoisotopic (exact) mass is 446 g/mol. The lowest BCUT2D eigenvalue weighted by Crippen LogP contribution is -2.37. The fraction of sp³-hybridized carbons (Fsp3) is 0.200. The van der Waals surface area contributed by atoms with E-state index in [9.17, 15) is 14.4 Å². The number of rotatable bonds is 8. The van der Waals surface area contributed by atoms with Gasteiger partial charge in [-0.05, 0) is 59.0 Å². The number of hydrogen-bond acceptors (Lipinski definition) is 7. The second-order valence-electron chi connectivity index (χ2n) is 6.29. The highest BCUT2D eigenvalue weighted by atomic mass is 32.2. The van der Waals surface area contributed by atoms with E-state index in [-0.39, 0.29) is 16.3 Å². The molecule has 0 saturated heterocycles. The molecule has 0 bridgehead atoms. The molecule has 31 heavy (non-hydrogen) atoms. The number of benzene rings is 2. The highest BCUT2D eigenvalue weighted by Crippen LogP contribution is 2.27. The number of aromatic nitrogens is 2. The first-order chi connectivity index (χ1) is 14.8. The maximum absolute atomic E-state index is 12.7. The van der Waals surface area contributed by atoms with Crippen molar-refractivity contribution in [1.82, 2.24) is 5.27 Å². The van der Waals surface area contributed by atoms with E-state index < -0.39 is 22.8 Å². The SMILES string of the molecule is COc1ccc(-[n+]2[nH]oc(=O)c2SC(C)C(=O)Nc2ccc(C(=O)O)cc2OC)cc1. The third-order valence-corrected chi connectivity index (χ3v) is 5.44. The molecule has 1 atom stereocenters. The number of anilines is 1. The maximum Gasteiger partial charge on any atom is 0.442 e. The molecular formula is C20H20N3O7S+. The van der Waals surface area contributed by atoms with Crippen LogP contribution in [-0.2, 0) is 4.79 Å². The number of nitrogens with one attached hydrogen (secondary N) is 2. The summed E-state index contributed by atoms with van der Waals surface area (Å²) >= 11 is 1.00. The molecule has 1 amide bonds. The lowest BCUT2D eigenvalue weighted by atomic mass is 10.2. The molecule has 0 aliphatic heterocycles. The Morgan fingerprint density at radius 2 is 1.87 bits per heavy atom. The molecule has 1 heterocycles. The van der Waals surface area contributed by atoms with Crippen molar-refractivity contribution in [3.63, 3.8) is 0 Å². The number of carboxylic acids is 1. The minimum atomic E-state index is -1.11. The number of carbonyl (C=O) groups is 2. The molecule has 0 radical (unpaired) electrons. The van der Waals surface area contributed by atoms with Crippen molar-refractivity contribution in [2.24, 2.45) is 0 Å². The number of carboxylic acid groups (broad SMARTS) is 1. The molecule has 2 aromatic carbocycles. The van der Waals surface area contributed by atoms with Crippen LogP contribution in [0.4, 0.5) is 5.69 Å². The number of hydrogen-bond donors (Lipinski definition) is 3. The van der Waals surface area contributed by atoms with Crippen LogP contribution in [0.15, 0.2) is 56.8 Å². The van der Waals surface area contributed by atoms with Gasteiger partial charge >= 0.3 is 16.6 Å². The molecule has 1 unspecified atom stereocenters. The summed E-state index contributed by atoms with van der Waals surface area (Å²) in [6.07, 6.45) is 0. The Labute approximate surface area is 180 Å². The van der Waals surface area contributed by atoms with Gasteiger partial charge in [0.2, 0.25) is 11.6 Å². The van der Waals surface area contributed by atoms with Crippen LogP contribution < -0.4 is 25.1 Å². The van der Waals surface area contributed by atoms with Gasteiger partial charge in [0.1, 0.15) is 11.5 Å². The predicted molar refractivity (Wildman–Crippen MR) is 111 cm³/mol. The molecule has 0 aliphatic rings. The van der Waals surface area contributed by atoms with Crippen LogP contribution in [0.3, 0.4) is 0 Å². The summed E-state index contributed by atoms with van der Waals surface area (Å²) < 4.78 is 16.6. The van der Waals surface area contributed by atoms with Gasteiger partial charge in [0.05, 0.1) is 30.7 Å². The van der Waals surface area contributed by atoms with Gasteiger partial charge in [0.15, 0.2) is 0 Å². The van der Waals surface area contributed by atoms with Gasteiger partial charge in [-0.15, -0.1) is 0 Å². The van der Waals surface area contributed by atoms with Crippen molar-refractivity contribution in [2.45, 2.75) is 17.2 Å². The van der Waals surface area contributed by atoms with E-state index >= 15 is 0 Å². The molecule has 0 spiro atoms. The first-order valence-electron chi connectivity index (χ1n) is 9.01. The molecule has 10 nitrogen and oxygen atoms in total. The molecule has 11 heteroatoms. The van der Waals surface area contributed by atoms with Gasteiger partial charge in [0, 0.05) is 12.1 Å². The standard InChI is InChI=1S/C20H19N3O7S/c1-11(17(24)21-15-9-4-12(19(25)26)10-16(15)29-3)31-18-20(27)30-22-23(18)13-5-7-14(28-2)8-6-13/h4-11H,1-3H3,(H2-,21,22,24,25,26,27)/p+1. The number of methoxy groups -OCH3 is 2. The normalized spacial score (nSPS) is 11.6. The van der Waals surface area contributed by atoms with Crippen LogP contribution >= 0.6 is 11.8 Å². The Balaban J connectivity index is 1.78. The minimum absolute atomic E-state index is 0.0303. The summed E-state index contributed by atoms with van der Waals surface area (Å²) in [4.78, 5) is 36.0. The molecule has 3 rings (SSSR count). The summed E-state index contributed by atoms with van der Waals surface area (Å²) in [5.74, 6) is -0.657. The first-order valence-corrected chi connectivity index (χ1v) is 9.88. The lowest BCUT2D eigenvalue weighted by molar-refractivity contribution is -0.704. The van der Waals surface area contributed by atoms with E-state index in [1.54, 1.807) is 38.3 Å². The zero-order chi connectivity index (χ0) is 22.5. The Hall–Kier alpha value is -3.73. The second-order valence-corrected chi connectivity index (χ2v) is 7.62. The highest BCUT2D eigenvalue weighted by Gasteiger charge is 2.29. The fourth-order valence-electron chi connectivity index (χ4n) is 2.65. The third-order valence-electron chi connectivity index (χ3n) is 4.30. The van der Waals surface area contributed by atoms with Crippen LogP contribution in [0.1, 0.15) is 17.3 Å². The second kappa shape index (κ2) is 9.39. The van der Waals surface area contributed by atoms with E-state index in [2.05, 4.69) is 10.6 Å². The number of aromatic amines is 1. The smallest absolute Gasteiger partial charge is 0.442 e. The summed E-state index contributed by atoms with van der Waals surface area (Å²) in [5.41, 5.74) is 0.341. The summed E-state index contributed by atoms with van der Waals surface area (Å²) in [6.45, 7) is 1.63. The van der Waals surface area contributed by atoms with Crippen molar-refractivity contribution >= 4 is 29.3 Å². The van der Waals surface area contributed by atoms with Crippen molar-refractivity contribution in [3.05, 3.63) is 58.4 Å². The third kappa shape index (κ3) is 4.89. The predicted octanol–water partition coefficient (Wildman–Crippen LogP) is 2.08. The fourth-order valence-corrected chi connectivity index (χ4v) is 3.54. The number of thioether (sulfide) groups is 1. The maximum atomic E-state index is 12.7. The van der Waals surface area contributed by atoms with Crippen LogP contribution in [0, 0.1) is 0 Å². The Bertz CT molecular complexity index is 1150. The molecule has 0 fully saturated rings. The van der Waals surface area contributed by atoms with Gasteiger partial charge in [-0.3, -0.25) is 9.32 Å². The summed E-state index contributed by atoms with van der Waals surface area (Å²) in [7, 11) is 2.92. The minimum Gasteiger partial charge on any atom is -0.497 e. The van der Waals surface area contributed by atoms with E-state index in [1.165, 1.54) is 30.0 Å². The molecular weight excluding hydrogens is 426 g/mol. The number of nitrogens with zero attached hydrogens (tertiary/aromatic N) is 1. The molecule has 162 valence electrons. The average Bonchev–Trinajstić information content (AvgIpc) is 3.13. The van der Waals surface area contributed by atoms with Crippen LogP contribution in [0.5, 0.6) is 11.5 Å². The number of ether oxygens (including phenoxy) is 2. The highest BCUT2D eigenvalue weighted by molar-refractivity contribution is 8.00. The van der Waals surface area contributed by atoms with Crippen molar-refractivity contribution in [2.75, 3.05) is 19.5 Å². The van der Waals surface area contributed by atoms with Crippen LogP contribution in [-0.4, -0.2) is 41.7 Å². The number of H-pyrrole nitrogens is 1. The van der Waals surface area contributed by atoms with Crippen LogP contribution in [0.2, 0.25) is 0 Å². The van der Waals surface area contributed by atoms with Crippen molar-refractivity contribution in [1.29, 1.82) is 0 Å². The molecule has 1 aromatic heterocycles. The van der Waals surface area contributed by atoms with E-state index in [1.807, 2.05) is 0 Å². The topological polar surface area (TPSA) is 135 Å². The lowest BCUT2D eigenvalue weighted by Gasteiger charge is -2.13. The average molecular weight is 446 g/mol. The van der Waals surface area contributed by atoms with Crippen LogP contribution in [0.25, 0.3) is 5.69 Å².